The van der Waals surface area contributed by atoms with Crippen LogP contribution in [0.2, 0.25) is 0 Å². The van der Waals surface area contributed by atoms with Gasteiger partial charge in [0, 0.05) is 19.8 Å². The molecule has 0 aliphatic heterocycles. The maximum atomic E-state index is 12.1. The van der Waals surface area contributed by atoms with Crippen molar-refractivity contribution in [2.24, 2.45) is 0 Å². The lowest BCUT2D eigenvalue weighted by Gasteiger charge is -2.15. The Bertz CT molecular complexity index is 407. The molecule has 1 unspecified atom stereocenters. The van der Waals surface area contributed by atoms with E-state index in [1.807, 2.05) is 6.92 Å². The van der Waals surface area contributed by atoms with E-state index in [9.17, 15) is 4.79 Å². The van der Waals surface area contributed by atoms with Gasteiger partial charge in [-0.05, 0) is 25.5 Å². The summed E-state index contributed by atoms with van der Waals surface area (Å²) in [5.74, 6) is 0.219. The molecule has 0 radical (unpaired) electrons. The minimum absolute atomic E-state index is 0.0311. The first-order chi connectivity index (χ1) is 8.60. The van der Waals surface area contributed by atoms with Gasteiger partial charge in [0.2, 0.25) is 0 Å². The molecule has 0 bridgehead atoms. The number of amides is 1. The van der Waals surface area contributed by atoms with Crippen LogP contribution in [0, 0.1) is 0 Å². The molecule has 1 atom stereocenters. The Morgan fingerprint density at radius 1 is 1.44 bits per heavy atom. The first-order valence-corrected chi connectivity index (χ1v) is 5.82. The molecule has 1 amide bonds. The van der Waals surface area contributed by atoms with E-state index in [0.717, 1.165) is 6.42 Å². The number of nitrogens with two attached hydrogens (primary N) is 1. The third kappa shape index (κ3) is 3.63. The van der Waals surface area contributed by atoms with E-state index >= 15 is 0 Å². The number of hydrogen-bond donors (Lipinski definition) is 2. The zero-order valence-corrected chi connectivity index (χ0v) is 11.0. The molecule has 1 aromatic rings. The third-order valence-corrected chi connectivity index (χ3v) is 2.63. The van der Waals surface area contributed by atoms with Crippen LogP contribution in [0.5, 0.6) is 5.75 Å². The maximum Gasteiger partial charge on any atom is 0.255 e. The number of rotatable bonds is 6. The van der Waals surface area contributed by atoms with Crippen LogP contribution in [-0.4, -0.2) is 32.8 Å². The number of nitrogen functional groups attached to an aromatic ring is 1. The van der Waals surface area contributed by atoms with Crippen molar-refractivity contribution in [3.05, 3.63) is 23.8 Å². The van der Waals surface area contributed by atoms with Crippen LogP contribution in [0.4, 0.5) is 5.69 Å². The summed E-state index contributed by atoms with van der Waals surface area (Å²) < 4.78 is 10.1. The van der Waals surface area contributed by atoms with Crippen molar-refractivity contribution in [1.29, 1.82) is 0 Å². The summed E-state index contributed by atoms with van der Waals surface area (Å²) in [7, 11) is 3.13. The number of ether oxygens (including phenoxy) is 2. The number of carbonyl (C=O) groups is 1. The summed E-state index contributed by atoms with van der Waals surface area (Å²) in [6.45, 7) is 2.53. The van der Waals surface area contributed by atoms with Crippen molar-refractivity contribution >= 4 is 11.6 Å². The number of methoxy groups -OCH3 is 2. The van der Waals surface area contributed by atoms with E-state index in [2.05, 4.69) is 5.32 Å². The molecule has 0 aliphatic carbocycles. The van der Waals surface area contributed by atoms with Gasteiger partial charge in [0.1, 0.15) is 0 Å². The van der Waals surface area contributed by atoms with Gasteiger partial charge in [-0.15, -0.1) is 0 Å². The van der Waals surface area contributed by atoms with Crippen molar-refractivity contribution in [3.63, 3.8) is 0 Å². The number of carbonyl (C=O) groups excluding carboxylic acids is 1. The largest absolute Gasteiger partial charge is 0.494 e. The number of anilines is 1. The van der Waals surface area contributed by atoms with Crippen LogP contribution in [0.1, 0.15) is 23.7 Å². The lowest BCUT2D eigenvalue weighted by Crippen LogP contribution is -2.33. The zero-order valence-electron chi connectivity index (χ0n) is 11.0. The molecule has 1 rings (SSSR count). The van der Waals surface area contributed by atoms with E-state index in [1.165, 1.54) is 7.11 Å². The SMILES string of the molecule is COCCC(C)NC(=O)c1cccc(N)c1OC. The number of benzene rings is 1. The molecule has 0 fully saturated rings. The van der Waals surface area contributed by atoms with Crippen molar-refractivity contribution in [1.82, 2.24) is 5.32 Å². The summed E-state index contributed by atoms with van der Waals surface area (Å²) in [5, 5.41) is 2.88. The Balaban J connectivity index is 2.75. The van der Waals surface area contributed by atoms with Crippen LogP contribution >= 0.6 is 0 Å². The number of nitrogens with one attached hydrogen (secondary N) is 1. The van der Waals surface area contributed by atoms with Crippen LogP contribution < -0.4 is 15.8 Å². The quantitative estimate of drug-likeness (QED) is 0.751. The summed E-state index contributed by atoms with van der Waals surface area (Å²) in [6.07, 6.45) is 0.757. The molecule has 3 N–H and O–H groups in total. The summed E-state index contributed by atoms with van der Waals surface area (Å²) in [6, 6.07) is 5.15. The highest BCUT2D eigenvalue weighted by Crippen LogP contribution is 2.25. The molecule has 0 aliphatic rings. The summed E-state index contributed by atoms with van der Waals surface area (Å²) >= 11 is 0. The van der Waals surface area contributed by atoms with Gasteiger partial charge in [0.15, 0.2) is 5.75 Å². The third-order valence-electron chi connectivity index (χ3n) is 2.63. The van der Waals surface area contributed by atoms with Crippen molar-refractivity contribution in [2.45, 2.75) is 19.4 Å². The van der Waals surface area contributed by atoms with Gasteiger partial charge < -0.3 is 20.5 Å². The van der Waals surface area contributed by atoms with Gasteiger partial charge in [-0.2, -0.15) is 0 Å². The van der Waals surface area contributed by atoms with Crippen molar-refractivity contribution < 1.29 is 14.3 Å². The number of hydrogen-bond acceptors (Lipinski definition) is 4. The summed E-state index contributed by atoms with van der Waals surface area (Å²) in [4.78, 5) is 12.1. The average molecular weight is 252 g/mol. The summed E-state index contributed by atoms with van der Waals surface area (Å²) in [5.41, 5.74) is 6.66. The van der Waals surface area contributed by atoms with Crippen LogP contribution in [0.3, 0.4) is 0 Å². The Hall–Kier alpha value is -1.75. The second-order valence-electron chi connectivity index (χ2n) is 4.08. The highest BCUT2D eigenvalue weighted by Gasteiger charge is 2.15. The standard InChI is InChI=1S/C13H20N2O3/c1-9(7-8-17-2)15-13(16)10-5-4-6-11(14)12(10)18-3/h4-6,9H,7-8,14H2,1-3H3,(H,15,16). The van der Waals surface area contributed by atoms with Crippen molar-refractivity contribution in [2.75, 3.05) is 26.6 Å². The lowest BCUT2D eigenvalue weighted by molar-refractivity contribution is 0.0926. The number of para-hydroxylation sites is 1. The van der Waals surface area contributed by atoms with E-state index in [-0.39, 0.29) is 11.9 Å². The van der Waals surface area contributed by atoms with Gasteiger partial charge in [-0.1, -0.05) is 6.07 Å². The molecule has 1 aromatic carbocycles. The fourth-order valence-electron chi connectivity index (χ4n) is 1.63. The molecule has 5 nitrogen and oxygen atoms in total. The lowest BCUT2D eigenvalue weighted by atomic mass is 10.1. The first-order valence-electron chi connectivity index (χ1n) is 5.82. The zero-order chi connectivity index (χ0) is 13.5. The molecule has 0 aromatic heterocycles. The molecule has 5 heteroatoms. The van der Waals surface area contributed by atoms with Crippen LogP contribution in [0.25, 0.3) is 0 Å². The second-order valence-corrected chi connectivity index (χ2v) is 4.08. The highest BCUT2D eigenvalue weighted by molar-refractivity contribution is 5.98. The highest BCUT2D eigenvalue weighted by atomic mass is 16.5. The van der Waals surface area contributed by atoms with E-state index in [4.69, 9.17) is 15.2 Å². The van der Waals surface area contributed by atoms with Gasteiger partial charge in [0.05, 0.1) is 18.4 Å². The minimum Gasteiger partial charge on any atom is -0.494 e. The maximum absolute atomic E-state index is 12.1. The van der Waals surface area contributed by atoms with Gasteiger partial charge in [-0.25, -0.2) is 0 Å². The molecule has 0 saturated carbocycles. The molecule has 100 valence electrons. The minimum atomic E-state index is -0.192. The van der Waals surface area contributed by atoms with Gasteiger partial charge in [-0.3, -0.25) is 4.79 Å². The Labute approximate surface area is 107 Å². The predicted octanol–water partition coefficient (Wildman–Crippen LogP) is 1.43. The Kier molecular flexibility index (Phi) is 5.45. The first kappa shape index (κ1) is 14.3. The van der Waals surface area contributed by atoms with E-state index in [0.29, 0.717) is 23.6 Å². The fraction of sp³-hybridized carbons (Fsp3) is 0.462. The molecule has 18 heavy (non-hydrogen) atoms. The molecular weight excluding hydrogens is 232 g/mol. The molecular formula is C13H20N2O3. The molecule has 0 saturated heterocycles. The van der Waals surface area contributed by atoms with Crippen molar-refractivity contribution in [3.8, 4) is 5.75 Å². The van der Waals surface area contributed by atoms with Crippen LogP contribution in [0.15, 0.2) is 18.2 Å². The van der Waals surface area contributed by atoms with Gasteiger partial charge >= 0.3 is 0 Å². The Morgan fingerprint density at radius 2 is 2.17 bits per heavy atom. The average Bonchev–Trinajstić information content (AvgIpc) is 2.35. The molecule has 0 heterocycles. The molecule has 0 spiro atoms. The smallest absolute Gasteiger partial charge is 0.255 e. The monoisotopic (exact) mass is 252 g/mol. The van der Waals surface area contributed by atoms with Crippen LogP contribution in [-0.2, 0) is 4.74 Å². The normalized spacial score (nSPS) is 11.9. The Morgan fingerprint density at radius 3 is 2.78 bits per heavy atom. The van der Waals surface area contributed by atoms with E-state index in [1.54, 1.807) is 25.3 Å². The van der Waals surface area contributed by atoms with E-state index < -0.39 is 0 Å². The second kappa shape index (κ2) is 6.86. The predicted molar refractivity (Wildman–Crippen MR) is 70.8 cm³/mol. The fourth-order valence-corrected chi connectivity index (χ4v) is 1.63. The van der Waals surface area contributed by atoms with Gasteiger partial charge in [0.25, 0.3) is 5.91 Å². The topological polar surface area (TPSA) is 73.6 Å².